The lowest BCUT2D eigenvalue weighted by atomic mass is 10.0. The predicted octanol–water partition coefficient (Wildman–Crippen LogP) is 3.76. The fourth-order valence-electron chi connectivity index (χ4n) is 2.66. The minimum Gasteiger partial charge on any atom is -0.365 e. The van der Waals surface area contributed by atoms with Crippen molar-refractivity contribution in [1.82, 2.24) is 9.55 Å². The van der Waals surface area contributed by atoms with Gasteiger partial charge in [0.15, 0.2) is 5.82 Å². The standard InChI is InChI=1S/C20H21N3O/c1-15-7-6-10-18(13-15)23-12-11-21-19(20(23)24)22-14-16(2)17-8-4-3-5-9-17/h3-13,16H,14H2,1-2H3,(H,21,22)/t16-/m1/s1. The molecule has 4 heteroatoms. The Hall–Kier alpha value is -2.88. The third kappa shape index (κ3) is 3.54. The Labute approximate surface area is 141 Å². The minimum atomic E-state index is -0.136. The molecule has 0 spiro atoms. The number of benzene rings is 2. The number of nitrogens with zero attached hydrogens (tertiary/aromatic N) is 2. The van der Waals surface area contributed by atoms with Gasteiger partial charge in [-0.3, -0.25) is 9.36 Å². The summed E-state index contributed by atoms with van der Waals surface area (Å²) in [5.41, 5.74) is 3.06. The highest BCUT2D eigenvalue weighted by Crippen LogP contribution is 2.14. The van der Waals surface area contributed by atoms with E-state index in [-0.39, 0.29) is 5.56 Å². The average Bonchev–Trinajstić information content (AvgIpc) is 2.61. The molecule has 0 radical (unpaired) electrons. The van der Waals surface area contributed by atoms with Crippen LogP contribution < -0.4 is 10.9 Å². The van der Waals surface area contributed by atoms with Gasteiger partial charge in [0.1, 0.15) is 0 Å². The van der Waals surface area contributed by atoms with Crippen LogP contribution in [-0.4, -0.2) is 16.1 Å². The van der Waals surface area contributed by atoms with Gasteiger partial charge in [0, 0.05) is 24.6 Å². The van der Waals surface area contributed by atoms with Crippen LogP contribution in [-0.2, 0) is 0 Å². The van der Waals surface area contributed by atoms with Crippen LogP contribution in [0.25, 0.3) is 5.69 Å². The van der Waals surface area contributed by atoms with Crippen molar-refractivity contribution in [3.05, 3.63) is 88.5 Å². The van der Waals surface area contributed by atoms with E-state index in [1.54, 1.807) is 17.0 Å². The Morgan fingerprint density at radius 2 is 1.92 bits per heavy atom. The molecule has 0 amide bonds. The van der Waals surface area contributed by atoms with E-state index in [0.29, 0.717) is 18.3 Å². The molecule has 0 fully saturated rings. The molecule has 0 aliphatic heterocycles. The summed E-state index contributed by atoms with van der Waals surface area (Å²) in [4.78, 5) is 16.9. The molecular formula is C20H21N3O. The maximum Gasteiger partial charge on any atom is 0.297 e. The van der Waals surface area contributed by atoms with Crippen LogP contribution in [0.3, 0.4) is 0 Å². The zero-order valence-corrected chi connectivity index (χ0v) is 13.9. The van der Waals surface area contributed by atoms with Crippen molar-refractivity contribution in [2.24, 2.45) is 0 Å². The summed E-state index contributed by atoms with van der Waals surface area (Å²) in [6, 6.07) is 18.1. The number of aryl methyl sites for hydroxylation is 1. The van der Waals surface area contributed by atoms with E-state index in [2.05, 4.69) is 29.4 Å². The van der Waals surface area contributed by atoms with Crippen molar-refractivity contribution in [2.75, 3.05) is 11.9 Å². The number of hydrogen-bond acceptors (Lipinski definition) is 3. The maximum absolute atomic E-state index is 12.7. The first-order valence-corrected chi connectivity index (χ1v) is 8.08. The quantitative estimate of drug-likeness (QED) is 0.779. The van der Waals surface area contributed by atoms with Crippen LogP contribution in [0, 0.1) is 6.92 Å². The molecule has 2 aromatic carbocycles. The summed E-state index contributed by atoms with van der Waals surface area (Å²) in [5, 5.41) is 3.19. The van der Waals surface area contributed by atoms with Gasteiger partial charge < -0.3 is 5.32 Å². The Morgan fingerprint density at radius 1 is 1.12 bits per heavy atom. The molecule has 0 bridgehead atoms. The lowest BCUT2D eigenvalue weighted by Gasteiger charge is -2.14. The molecule has 1 atom stereocenters. The Bertz CT molecular complexity index is 871. The summed E-state index contributed by atoms with van der Waals surface area (Å²) in [6.45, 7) is 4.80. The molecule has 3 rings (SSSR count). The summed E-state index contributed by atoms with van der Waals surface area (Å²) in [7, 11) is 0. The molecule has 4 nitrogen and oxygen atoms in total. The molecule has 1 heterocycles. The van der Waals surface area contributed by atoms with Gasteiger partial charge in [-0.2, -0.15) is 0 Å². The zero-order chi connectivity index (χ0) is 16.9. The topological polar surface area (TPSA) is 46.9 Å². The Balaban J connectivity index is 1.80. The molecular weight excluding hydrogens is 298 g/mol. The second-order valence-electron chi connectivity index (χ2n) is 5.98. The lowest BCUT2D eigenvalue weighted by molar-refractivity contribution is 0.796. The molecule has 0 aliphatic rings. The molecule has 0 unspecified atom stereocenters. The monoisotopic (exact) mass is 319 g/mol. The average molecular weight is 319 g/mol. The summed E-state index contributed by atoms with van der Waals surface area (Å²) < 4.78 is 1.62. The SMILES string of the molecule is Cc1cccc(-n2ccnc(NC[C@@H](C)c3ccccc3)c2=O)c1. The van der Waals surface area contributed by atoms with Crippen molar-refractivity contribution in [2.45, 2.75) is 19.8 Å². The van der Waals surface area contributed by atoms with Crippen LogP contribution in [0.2, 0.25) is 0 Å². The van der Waals surface area contributed by atoms with Gasteiger partial charge in [0.05, 0.1) is 0 Å². The molecule has 24 heavy (non-hydrogen) atoms. The van der Waals surface area contributed by atoms with Crippen LogP contribution in [0.1, 0.15) is 24.0 Å². The fraction of sp³-hybridized carbons (Fsp3) is 0.200. The number of aromatic nitrogens is 2. The van der Waals surface area contributed by atoms with Crippen molar-refractivity contribution in [1.29, 1.82) is 0 Å². The van der Waals surface area contributed by atoms with Gasteiger partial charge in [-0.15, -0.1) is 0 Å². The molecule has 0 saturated carbocycles. The molecule has 122 valence electrons. The van der Waals surface area contributed by atoms with Crippen LogP contribution >= 0.6 is 0 Å². The van der Waals surface area contributed by atoms with Crippen LogP contribution in [0.15, 0.2) is 71.8 Å². The van der Waals surface area contributed by atoms with Crippen LogP contribution in [0.4, 0.5) is 5.82 Å². The van der Waals surface area contributed by atoms with E-state index < -0.39 is 0 Å². The van der Waals surface area contributed by atoms with E-state index in [1.807, 2.05) is 49.4 Å². The van der Waals surface area contributed by atoms with E-state index in [9.17, 15) is 4.79 Å². The third-order valence-electron chi connectivity index (χ3n) is 4.06. The largest absolute Gasteiger partial charge is 0.365 e. The first kappa shape index (κ1) is 16.0. The van der Waals surface area contributed by atoms with Gasteiger partial charge in [0.2, 0.25) is 0 Å². The predicted molar refractivity (Wildman–Crippen MR) is 97.9 cm³/mol. The maximum atomic E-state index is 12.7. The van der Waals surface area contributed by atoms with E-state index in [0.717, 1.165) is 11.3 Å². The van der Waals surface area contributed by atoms with Crippen molar-refractivity contribution >= 4 is 5.82 Å². The molecule has 0 saturated heterocycles. The van der Waals surface area contributed by atoms with Gasteiger partial charge >= 0.3 is 0 Å². The molecule has 0 aliphatic carbocycles. The number of anilines is 1. The number of hydrogen-bond donors (Lipinski definition) is 1. The second kappa shape index (κ2) is 7.13. The van der Waals surface area contributed by atoms with Crippen molar-refractivity contribution in [3.8, 4) is 5.69 Å². The smallest absolute Gasteiger partial charge is 0.297 e. The van der Waals surface area contributed by atoms with E-state index in [4.69, 9.17) is 0 Å². The first-order chi connectivity index (χ1) is 11.6. The van der Waals surface area contributed by atoms with E-state index in [1.165, 1.54) is 5.56 Å². The zero-order valence-electron chi connectivity index (χ0n) is 13.9. The summed E-state index contributed by atoms with van der Waals surface area (Å²) in [5.74, 6) is 0.668. The number of rotatable bonds is 5. The van der Waals surface area contributed by atoms with Crippen LogP contribution in [0.5, 0.6) is 0 Å². The highest BCUT2D eigenvalue weighted by molar-refractivity contribution is 5.40. The Morgan fingerprint density at radius 3 is 2.67 bits per heavy atom. The van der Waals surface area contributed by atoms with Gasteiger partial charge in [0.25, 0.3) is 5.56 Å². The summed E-state index contributed by atoms with van der Waals surface area (Å²) >= 11 is 0. The first-order valence-electron chi connectivity index (χ1n) is 8.08. The molecule has 1 N–H and O–H groups in total. The summed E-state index contributed by atoms with van der Waals surface area (Å²) in [6.07, 6.45) is 3.35. The molecule has 3 aromatic rings. The minimum absolute atomic E-state index is 0.136. The van der Waals surface area contributed by atoms with E-state index >= 15 is 0 Å². The van der Waals surface area contributed by atoms with Gasteiger partial charge in [-0.25, -0.2) is 4.98 Å². The third-order valence-corrected chi connectivity index (χ3v) is 4.06. The highest BCUT2D eigenvalue weighted by Gasteiger charge is 2.09. The highest BCUT2D eigenvalue weighted by atomic mass is 16.1. The fourth-order valence-corrected chi connectivity index (χ4v) is 2.66. The number of nitrogens with one attached hydrogen (secondary N) is 1. The van der Waals surface area contributed by atoms with Gasteiger partial charge in [-0.05, 0) is 36.1 Å². The second-order valence-corrected chi connectivity index (χ2v) is 5.98. The van der Waals surface area contributed by atoms with Crippen molar-refractivity contribution < 1.29 is 0 Å². The molecule has 1 aromatic heterocycles. The van der Waals surface area contributed by atoms with Crippen molar-refractivity contribution in [3.63, 3.8) is 0 Å². The Kier molecular flexibility index (Phi) is 4.75. The van der Waals surface area contributed by atoms with Gasteiger partial charge in [-0.1, -0.05) is 49.4 Å². The normalized spacial score (nSPS) is 11.9. The lowest BCUT2D eigenvalue weighted by Crippen LogP contribution is -2.24.